The highest BCUT2D eigenvalue weighted by atomic mass is 16.6. The van der Waals surface area contributed by atoms with Gasteiger partial charge in [-0.25, -0.2) is 24.3 Å². The van der Waals surface area contributed by atoms with E-state index >= 15 is 0 Å². The monoisotopic (exact) mass is 675 g/mol. The molecule has 1 aromatic carbocycles. The van der Waals surface area contributed by atoms with Gasteiger partial charge in [-0.2, -0.15) is 0 Å². The number of hydrogen-bond donors (Lipinski definition) is 9. The highest BCUT2D eigenvalue weighted by Gasteiger charge is 2.74. The molecule has 1 spiro atoms. The summed E-state index contributed by atoms with van der Waals surface area (Å²) in [5.41, 5.74) is 10.1. The molecule has 2 aromatic rings. The van der Waals surface area contributed by atoms with Crippen LogP contribution in [0.5, 0.6) is 0 Å². The summed E-state index contributed by atoms with van der Waals surface area (Å²) >= 11 is 0. The zero-order valence-corrected chi connectivity index (χ0v) is 25.1. The number of nitrogens with one attached hydrogen (secondary N) is 5. The largest absolute Gasteiger partial charge is 0.548 e. The fraction of sp³-hybridized carbons (Fsp3) is 0.444. The number of aliphatic hydroxyl groups is 2. The van der Waals surface area contributed by atoms with Crippen LogP contribution in [0.1, 0.15) is 12.0 Å². The Morgan fingerprint density at radius 3 is 2.42 bits per heavy atom. The molecule has 1 aromatic heterocycles. The maximum absolute atomic E-state index is 12.3. The molecule has 5 rings (SSSR count). The molecule has 48 heavy (non-hydrogen) atoms. The van der Waals surface area contributed by atoms with Gasteiger partial charge in [0.05, 0.1) is 31.6 Å². The molecule has 2 amide bonds. The molecule has 21 heteroatoms. The predicted molar refractivity (Wildman–Crippen MR) is 155 cm³/mol. The smallest absolute Gasteiger partial charge is 0.407 e. The second kappa shape index (κ2) is 13.1. The summed E-state index contributed by atoms with van der Waals surface area (Å²) < 4.78 is 17.2. The van der Waals surface area contributed by atoms with Gasteiger partial charge in [0.25, 0.3) is 5.66 Å². The quantitative estimate of drug-likeness (QED) is 0.0436. The summed E-state index contributed by atoms with van der Waals surface area (Å²) in [6, 6.07) is 3.72. The Bertz CT molecular complexity index is 1740. The van der Waals surface area contributed by atoms with E-state index in [9.17, 15) is 44.4 Å². The number of aliphatic carboxylic acids is 2. The van der Waals surface area contributed by atoms with E-state index in [1.165, 1.54) is 18.2 Å². The van der Waals surface area contributed by atoms with Crippen molar-refractivity contribution in [3.8, 4) is 0 Å². The topological polar surface area (TPSA) is 324 Å². The highest BCUT2D eigenvalue weighted by molar-refractivity contribution is 5.86. The van der Waals surface area contributed by atoms with Crippen LogP contribution in [-0.4, -0.2) is 114 Å². The average Bonchev–Trinajstić information content (AvgIpc) is 3.50. The first-order valence-corrected chi connectivity index (χ1v) is 14.5. The molecule has 11 N–H and O–H groups in total. The summed E-state index contributed by atoms with van der Waals surface area (Å²) in [7, 11) is 0. The molecule has 0 aliphatic carbocycles. The van der Waals surface area contributed by atoms with Gasteiger partial charge >= 0.3 is 29.7 Å². The predicted octanol–water partition coefficient (Wildman–Crippen LogP) is -8.50. The van der Waals surface area contributed by atoms with Crippen LogP contribution in [0.2, 0.25) is 0 Å². The van der Waals surface area contributed by atoms with E-state index < -0.39 is 66.4 Å². The number of carbonyl (C=O) groups excluding carboxylic acids is 4. The SMILES string of the molecule is NC1=[NH+][C@H]2[C@H](COC(=O)NCCNC(=O)OCc3cc(=O)oc4cc(N(CC(=O)[O-])CC(=O)[O-])ccc34)NC(N)=[N+]3CCC(O)(O)[C@]23N1. The maximum atomic E-state index is 12.3. The lowest BCUT2D eigenvalue weighted by molar-refractivity contribution is -0.674. The highest BCUT2D eigenvalue weighted by Crippen LogP contribution is 2.37. The van der Waals surface area contributed by atoms with Gasteiger partial charge in [0.15, 0.2) is 6.04 Å². The standard InChI is InChI=1S/C27H33N9O12/c28-22-33-21-16(32-23(29)36-6-3-26(44,45)27(21,36)34-22)12-47-25(43)31-5-4-30-24(42)46-11-13-7-20(41)48-17-8-14(1-2-15(13)17)35(9-18(37)38)10-19(39)40/h1-2,7-8,16,21,44-45H,3-6,9-12H2,(H9,28,29,30,31,32,33,34,37,38,39,40,42,43)/t16-,21-,27-/m0/s1. The van der Waals surface area contributed by atoms with E-state index in [4.69, 9.17) is 25.4 Å². The summed E-state index contributed by atoms with van der Waals surface area (Å²) in [5.74, 6) is -5.04. The van der Waals surface area contributed by atoms with Crippen LogP contribution in [0.3, 0.4) is 0 Å². The molecule has 1 fully saturated rings. The zero-order valence-electron chi connectivity index (χ0n) is 25.1. The molecule has 4 heterocycles. The van der Waals surface area contributed by atoms with Gasteiger partial charge < -0.3 is 59.4 Å². The number of hydrogen-bond acceptors (Lipinski definition) is 17. The minimum atomic E-state index is -2.20. The molecule has 1 saturated heterocycles. The Morgan fingerprint density at radius 2 is 1.75 bits per heavy atom. The van der Waals surface area contributed by atoms with Crippen molar-refractivity contribution in [2.24, 2.45) is 11.5 Å². The third-order valence-electron chi connectivity index (χ3n) is 8.07. The molecule has 0 radical (unpaired) electrons. The number of alkyl carbamates (subject to hydrolysis) is 2. The average molecular weight is 676 g/mol. The van der Waals surface area contributed by atoms with Crippen LogP contribution >= 0.6 is 0 Å². The first-order chi connectivity index (χ1) is 22.7. The number of anilines is 1. The van der Waals surface area contributed by atoms with Crippen molar-refractivity contribution < 1.29 is 63.1 Å². The van der Waals surface area contributed by atoms with Gasteiger partial charge in [0, 0.05) is 48.3 Å². The maximum Gasteiger partial charge on any atom is 0.407 e. The number of guanidine groups is 2. The second-order valence-electron chi connectivity index (χ2n) is 11.2. The second-order valence-corrected chi connectivity index (χ2v) is 11.2. The lowest BCUT2D eigenvalue weighted by Crippen LogP contribution is -2.91. The summed E-state index contributed by atoms with van der Waals surface area (Å²) in [6.07, 6.45) is -1.74. The van der Waals surface area contributed by atoms with Crippen LogP contribution in [0.25, 0.3) is 11.0 Å². The Hall–Kier alpha value is -5.83. The first kappa shape index (κ1) is 33.5. The normalized spacial score (nSPS) is 22.0. The van der Waals surface area contributed by atoms with E-state index in [1.807, 2.05) is 0 Å². The molecule has 0 bridgehead atoms. The minimum Gasteiger partial charge on any atom is -0.548 e. The van der Waals surface area contributed by atoms with Gasteiger partial charge in [-0.1, -0.05) is 0 Å². The Labute approximate surface area is 269 Å². The van der Waals surface area contributed by atoms with Crippen LogP contribution in [0, 0.1) is 0 Å². The summed E-state index contributed by atoms with van der Waals surface area (Å²) in [4.78, 5) is 62.7. The van der Waals surface area contributed by atoms with Crippen LogP contribution < -0.4 is 58.5 Å². The van der Waals surface area contributed by atoms with Crippen molar-refractivity contribution in [3.05, 3.63) is 40.2 Å². The molecule has 21 nitrogen and oxygen atoms in total. The number of carboxylic acids is 2. The Morgan fingerprint density at radius 1 is 1.08 bits per heavy atom. The van der Waals surface area contributed by atoms with Gasteiger partial charge in [0.1, 0.15) is 24.8 Å². The van der Waals surface area contributed by atoms with Crippen LogP contribution in [-0.2, 0) is 25.7 Å². The molecular formula is C27H33N9O12. The number of rotatable bonds is 12. The number of amides is 2. The number of carbonyl (C=O) groups is 4. The molecule has 0 unspecified atom stereocenters. The number of fused-ring (bicyclic) bond motifs is 1. The molecule has 258 valence electrons. The van der Waals surface area contributed by atoms with Crippen LogP contribution in [0.15, 0.2) is 33.5 Å². The Balaban J connectivity index is 1.09. The lowest BCUT2D eigenvalue weighted by atomic mass is 9.87. The molecule has 0 saturated carbocycles. The van der Waals surface area contributed by atoms with Crippen molar-refractivity contribution >= 4 is 52.7 Å². The zero-order chi connectivity index (χ0) is 34.8. The lowest BCUT2D eigenvalue weighted by Gasteiger charge is -2.40. The number of ether oxygens (including phenoxy) is 2. The van der Waals surface area contributed by atoms with E-state index in [0.29, 0.717) is 5.39 Å². The molecule has 3 aliphatic rings. The number of nitrogens with zero attached hydrogens (tertiary/aromatic N) is 2. The first-order valence-electron chi connectivity index (χ1n) is 14.5. The number of carboxylic acid groups (broad SMARTS) is 2. The van der Waals surface area contributed by atoms with Gasteiger partial charge in [0.2, 0.25) is 5.79 Å². The molecule has 3 atom stereocenters. The van der Waals surface area contributed by atoms with Crippen molar-refractivity contribution in [1.82, 2.24) is 21.3 Å². The van der Waals surface area contributed by atoms with Crippen LogP contribution in [0.4, 0.5) is 15.3 Å². The van der Waals surface area contributed by atoms with Crippen molar-refractivity contribution in [1.29, 1.82) is 0 Å². The third kappa shape index (κ3) is 6.66. The number of benzene rings is 1. The van der Waals surface area contributed by atoms with Gasteiger partial charge in [-0.3, -0.25) is 21.8 Å². The van der Waals surface area contributed by atoms with E-state index in [0.717, 1.165) is 11.0 Å². The van der Waals surface area contributed by atoms with E-state index in [2.05, 4.69) is 26.3 Å². The molecular weight excluding hydrogens is 642 g/mol. The number of nitrogens with two attached hydrogens (primary N) is 2. The molecule has 3 aliphatic heterocycles. The van der Waals surface area contributed by atoms with Crippen molar-refractivity contribution in [2.75, 3.05) is 44.2 Å². The minimum absolute atomic E-state index is 0.0165. The van der Waals surface area contributed by atoms with Crippen molar-refractivity contribution in [3.63, 3.8) is 0 Å². The fourth-order valence-electron chi connectivity index (χ4n) is 6.04. The van der Waals surface area contributed by atoms with E-state index in [-0.39, 0.29) is 68.0 Å². The van der Waals surface area contributed by atoms with E-state index in [1.54, 1.807) is 4.58 Å². The van der Waals surface area contributed by atoms with Crippen molar-refractivity contribution in [2.45, 2.75) is 36.6 Å². The Kier molecular flexibility index (Phi) is 9.16. The summed E-state index contributed by atoms with van der Waals surface area (Å²) in [5, 5.41) is 54.6. The third-order valence-corrected chi connectivity index (χ3v) is 8.07. The fourth-order valence-corrected chi connectivity index (χ4v) is 6.04. The van der Waals surface area contributed by atoms with Gasteiger partial charge in [-0.15, -0.1) is 0 Å². The summed E-state index contributed by atoms with van der Waals surface area (Å²) in [6.45, 7) is -2.03. The van der Waals surface area contributed by atoms with Gasteiger partial charge in [-0.05, 0) is 12.1 Å².